The van der Waals surface area contributed by atoms with Gasteiger partial charge >= 0.3 is 5.97 Å². The highest BCUT2D eigenvalue weighted by molar-refractivity contribution is 6.40. The molecule has 0 fully saturated rings. The number of anilines is 1. The van der Waals surface area contributed by atoms with Crippen molar-refractivity contribution in [3.05, 3.63) is 98.0 Å². The highest BCUT2D eigenvalue weighted by atomic mass is 35.5. The van der Waals surface area contributed by atoms with E-state index in [0.29, 0.717) is 28.4 Å². The Hall–Kier alpha value is -2.81. The summed E-state index contributed by atoms with van der Waals surface area (Å²) < 4.78 is 5.55. The first-order valence-corrected chi connectivity index (χ1v) is 14.1. The number of amides is 2. The van der Waals surface area contributed by atoms with Gasteiger partial charge in [-0.05, 0) is 61.5 Å². The fraction of sp³-hybridized carbons (Fsp3) is 0.300. The van der Waals surface area contributed by atoms with Gasteiger partial charge in [0.25, 0.3) is 11.8 Å². The van der Waals surface area contributed by atoms with E-state index in [1.807, 2.05) is 13.8 Å². The molecule has 0 aromatic heterocycles. The molecule has 0 aliphatic heterocycles. The van der Waals surface area contributed by atoms with Gasteiger partial charge in [-0.1, -0.05) is 79.0 Å². The van der Waals surface area contributed by atoms with Crippen molar-refractivity contribution >= 4 is 70.7 Å². The summed E-state index contributed by atoms with van der Waals surface area (Å²) in [5.74, 6) is -1.45. The molecule has 3 aromatic rings. The lowest BCUT2D eigenvalue weighted by molar-refractivity contribution is -0.146. The second-order valence-corrected chi connectivity index (χ2v) is 10.3. The van der Waals surface area contributed by atoms with Crippen LogP contribution in [0.15, 0.2) is 60.7 Å². The molecule has 0 saturated heterocycles. The maximum atomic E-state index is 13.2. The molecule has 0 aliphatic rings. The average molecular weight is 641 g/mol. The molecule has 2 N–H and O–H groups in total. The molecule has 11 heteroatoms. The normalized spacial score (nSPS) is 11.4. The summed E-state index contributed by atoms with van der Waals surface area (Å²) in [5.41, 5.74) is 2.44. The van der Waals surface area contributed by atoms with Gasteiger partial charge in [0.15, 0.2) is 0 Å². The van der Waals surface area contributed by atoms with Crippen LogP contribution in [-0.4, -0.2) is 55.0 Å². The Morgan fingerprint density at radius 2 is 1.39 bits per heavy atom. The van der Waals surface area contributed by atoms with E-state index in [1.54, 1.807) is 67.6 Å². The molecule has 0 aliphatic carbocycles. The van der Waals surface area contributed by atoms with Gasteiger partial charge < -0.3 is 20.3 Å². The van der Waals surface area contributed by atoms with Crippen LogP contribution < -0.4 is 10.6 Å². The van der Waals surface area contributed by atoms with Crippen LogP contribution in [0.4, 0.5) is 5.69 Å². The summed E-state index contributed by atoms with van der Waals surface area (Å²) in [6, 6.07) is 15.9. The van der Waals surface area contributed by atoms with Gasteiger partial charge in [-0.25, -0.2) is 4.79 Å². The Morgan fingerprint density at radius 3 is 1.95 bits per heavy atom. The Balaban J connectivity index is 0.00000588. The van der Waals surface area contributed by atoms with Crippen LogP contribution in [0.3, 0.4) is 0 Å². The zero-order chi connectivity index (χ0) is 29.2. The van der Waals surface area contributed by atoms with E-state index in [0.717, 1.165) is 18.7 Å². The number of benzene rings is 3. The van der Waals surface area contributed by atoms with Crippen LogP contribution >= 0.6 is 47.2 Å². The number of carbonyl (C=O) groups is 3. The fourth-order valence-corrected chi connectivity index (χ4v) is 5.00. The predicted octanol–water partition coefficient (Wildman–Crippen LogP) is 6.86. The summed E-state index contributed by atoms with van der Waals surface area (Å²) in [6.45, 7) is 8.32. The minimum absolute atomic E-state index is 0. The first-order chi connectivity index (χ1) is 19.1. The van der Waals surface area contributed by atoms with E-state index in [4.69, 9.17) is 39.5 Å². The summed E-state index contributed by atoms with van der Waals surface area (Å²) in [7, 11) is 0. The standard InChI is InChI=1S/C30H32Cl3N3O4.ClH/c1-4-36(5-2)16-17-40-30(39)25(35-28(37)26-19(3)8-6-9-22(26)31)18-20-12-14-21(15-13-20)34-29(38)27-23(32)10-7-11-24(27)33;/h6-15,25H,4-5,16-18H2,1-3H3,(H,34,38)(H,35,37);1H/t25-;/m0./s1. The molecular weight excluding hydrogens is 608 g/mol. The third-order valence-electron chi connectivity index (χ3n) is 6.43. The number of ether oxygens (including phenoxy) is 1. The lowest BCUT2D eigenvalue weighted by Crippen LogP contribution is -2.44. The molecule has 0 spiro atoms. The molecule has 220 valence electrons. The monoisotopic (exact) mass is 639 g/mol. The smallest absolute Gasteiger partial charge is 0.329 e. The predicted molar refractivity (Wildman–Crippen MR) is 168 cm³/mol. The molecule has 0 unspecified atom stereocenters. The first kappa shape index (κ1) is 34.4. The largest absolute Gasteiger partial charge is 0.463 e. The van der Waals surface area contributed by atoms with Gasteiger partial charge in [0.05, 0.1) is 26.2 Å². The molecule has 0 saturated carbocycles. The number of hydrogen-bond acceptors (Lipinski definition) is 5. The fourth-order valence-electron chi connectivity index (χ4n) is 4.13. The quantitative estimate of drug-likeness (QED) is 0.211. The SMILES string of the molecule is CCN(CC)CCOC(=O)[C@H](Cc1ccc(NC(=O)c2c(Cl)cccc2Cl)cc1)NC(=O)c1c(C)cccc1Cl.Cl. The van der Waals surface area contributed by atoms with Crippen molar-refractivity contribution in [1.29, 1.82) is 0 Å². The molecule has 1 atom stereocenters. The number of halogens is 4. The van der Waals surface area contributed by atoms with Crippen molar-refractivity contribution in [2.24, 2.45) is 0 Å². The molecule has 0 heterocycles. The Bertz CT molecular complexity index is 1310. The van der Waals surface area contributed by atoms with Gasteiger partial charge in [0.2, 0.25) is 0 Å². The van der Waals surface area contributed by atoms with Crippen LogP contribution in [0, 0.1) is 6.92 Å². The Morgan fingerprint density at radius 1 is 0.829 bits per heavy atom. The van der Waals surface area contributed by atoms with Gasteiger partial charge in [-0.2, -0.15) is 0 Å². The van der Waals surface area contributed by atoms with Crippen LogP contribution in [0.1, 0.15) is 45.7 Å². The van der Waals surface area contributed by atoms with Crippen molar-refractivity contribution in [2.45, 2.75) is 33.2 Å². The Labute approximate surface area is 261 Å². The van der Waals surface area contributed by atoms with Crippen molar-refractivity contribution in [2.75, 3.05) is 31.6 Å². The topological polar surface area (TPSA) is 87.7 Å². The van der Waals surface area contributed by atoms with E-state index < -0.39 is 23.8 Å². The lowest BCUT2D eigenvalue weighted by atomic mass is 10.0. The summed E-state index contributed by atoms with van der Waals surface area (Å²) in [5, 5.41) is 6.35. The van der Waals surface area contributed by atoms with Crippen LogP contribution in [-0.2, 0) is 16.0 Å². The molecule has 0 bridgehead atoms. The van der Waals surface area contributed by atoms with Crippen LogP contribution in [0.25, 0.3) is 0 Å². The number of nitrogens with one attached hydrogen (secondary N) is 2. The zero-order valence-corrected chi connectivity index (χ0v) is 26.1. The third kappa shape index (κ3) is 9.62. The van der Waals surface area contributed by atoms with E-state index in [2.05, 4.69) is 15.5 Å². The number of likely N-dealkylation sites (N-methyl/N-ethyl adjacent to an activating group) is 1. The summed E-state index contributed by atoms with van der Waals surface area (Å²) in [4.78, 5) is 41.1. The van der Waals surface area contributed by atoms with E-state index >= 15 is 0 Å². The van der Waals surface area contributed by atoms with Gasteiger partial charge in [-0.3, -0.25) is 9.59 Å². The Kier molecular flexibility index (Phi) is 13.9. The third-order valence-corrected chi connectivity index (χ3v) is 7.37. The molecule has 2 amide bonds. The lowest BCUT2D eigenvalue weighted by Gasteiger charge is -2.21. The van der Waals surface area contributed by atoms with E-state index in [1.165, 1.54) is 0 Å². The molecule has 0 radical (unpaired) electrons. The molecule has 7 nitrogen and oxygen atoms in total. The number of aryl methyl sites for hydroxylation is 1. The summed E-state index contributed by atoms with van der Waals surface area (Å²) >= 11 is 18.6. The maximum Gasteiger partial charge on any atom is 0.329 e. The summed E-state index contributed by atoms with van der Waals surface area (Å²) in [6.07, 6.45) is 0.171. The van der Waals surface area contributed by atoms with Gasteiger partial charge in [0, 0.05) is 18.7 Å². The van der Waals surface area contributed by atoms with Crippen molar-refractivity contribution in [3.8, 4) is 0 Å². The van der Waals surface area contributed by atoms with Gasteiger partial charge in [0.1, 0.15) is 12.6 Å². The first-order valence-electron chi connectivity index (χ1n) is 12.9. The maximum absolute atomic E-state index is 13.2. The van der Waals surface area contributed by atoms with Crippen LogP contribution in [0.5, 0.6) is 0 Å². The highest BCUT2D eigenvalue weighted by Gasteiger charge is 2.25. The van der Waals surface area contributed by atoms with E-state index in [-0.39, 0.29) is 41.0 Å². The van der Waals surface area contributed by atoms with Crippen molar-refractivity contribution in [1.82, 2.24) is 10.2 Å². The number of nitrogens with zero attached hydrogens (tertiary/aromatic N) is 1. The number of hydrogen-bond donors (Lipinski definition) is 2. The second-order valence-electron chi connectivity index (χ2n) is 9.10. The molecular formula is C30H33Cl4N3O4. The van der Waals surface area contributed by atoms with E-state index in [9.17, 15) is 14.4 Å². The van der Waals surface area contributed by atoms with Gasteiger partial charge in [-0.15, -0.1) is 12.4 Å². The average Bonchev–Trinajstić information content (AvgIpc) is 2.91. The zero-order valence-electron chi connectivity index (χ0n) is 23.0. The molecule has 3 aromatic carbocycles. The second kappa shape index (κ2) is 16.6. The number of rotatable bonds is 12. The minimum Gasteiger partial charge on any atom is -0.463 e. The number of carbonyl (C=O) groups excluding carboxylic acids is 3. The van der Waals surface area contributed by atoms with Crippen LogP contribution in [0.2, 0.25) is 15.1 Å². The van der Waals surface area contributed by atoms with Crippen molar-refractivity contribution in [3.63, 3.8) is 0 Å². The highest BCUT2D eigenvalue weighted by Crippen LogP contribution is 2.25. The number of esters is 1. The minimum atomic E-state index is -0.956. The molecule has 3 rings (SSSR count). The van der Waals surface area contributed by atoms with Crippen molar-refractivity contribution < 1.29 is 19.1 Å². The molecule has 41 heavy (non-hydrogen) atoms.